The van der Waals surface area contributed by atoms with Gasteiger partial charge in [-0.1, -0.05) is 48.5 Å². The number of carbonyl (C=O) groups excluding carboxylic acids is 2. The standard InChI is InChI=1S/C27H28N2O3/c28-14-6-13-26(30)18-15-19-7-5-8-20(16-18)29(19)27(31)32-17-25-23-11-3-1-9-21(23)22-10-2-4-12-24(22)25/h1-4,9-12,18-20,25H,5-8,13,15-17H2. The van der Waals surface area contributed by atoms with E-state index >= 15 is 0 Å². The molecular weight excluding hydrogens is 400 g/mol. The van der Waals surface area contributed by atoms with E-state index in [0.29, 0.717) is 25.9 Å². The van der Waals surface area contributed by atoms with Gasteiger partial charge in [-0.25, -0.2) is 4.79 Å². The molecule has 1 aliphatic carbocycles. The van der Waals surface area contributed by atoms with Crippen molar-refractivity contribution in [3.8, 4) is 17.2 Å². The molecule has 5 rings (SSSR count). The zero-order valence-electron chi connectivity index (χ0n) is 18.2. The number of ketones is 1. The fourth-order valence-electron chi connectivity index (χ4n) is 5.99. The molecule has 0 aromatic heterocycles. The Balaban J connectivity index is 1.28. The third-order valence-corrected chi connectivity index (χ3v) is 7.46. The molecule has 2 heterocycles. The Morgan fingerprint density at radius 2 is 1.56 bits per heavy atom. The average Bonchev–Trinajstić information content (AvgIpc) is 3.14. The van der Waals surface area contributed by atoms with Crippen molar-refractivity contribution >= 4 is 11.9 Å². The fourth-order valence-corrected chi connectivity index (χ4v) is 5.99. The molecule has 2 bridgehead atoms. The molecule has 5 nitrogen and oxygen atoms in total. The Labute approximate surface area is 189 Å². The average molecular weight is 429 g/mol. The van der Waals surface area contributed by atoms with E-state index in [1.165, 1.54) is 22.3 Å². The Morgan fingerprint density at radius 3 is 2.16 bits per heavy atom. The Morgan fingerprint density at radius 1 is 0.969 bits per heavy atom. The lowest BCUT2D eigenvalue weighted by molar-refractivity contribution is -0.126. The second kappa shape index (κ2) is 8.78. The largest absolute Gasteiger partial charge is 0.448 e. The number of Topliss-reactive ketones (excluding diaryl/α,β-unsaturated/α-hetero) is 1. The molecule has 0 N–H and O–H groups in total. The van der Waals surface area contributed by atoms with Gasteiger partial charge >= 0.3 is 6.09 Å². The first kappa shape index (κ1) is 20.8. The summed E-state index contributed by atoms with van der Waals surface area (Å²) in [6.45, 7) is 0.327. The van der Waals surface area contributed by atoms with Gasteiger partial charge in [0, 0.05) is 36.8 Å². The van der Waals surface area contributed by atoms with Crippen molar-refractivity contribution in [2.45, 2.75) is 62.9 Å². The van der Waals surface area contributed by atoms with Crippen LogP contribution in [-0.4, -0.2) is 35.5 Å². The molecule has 2 saturated heterocycles. The Hall–Kier alpha value is -3.13. The first-order valence-corrected chi connectivity index (χ1v) is 11.7. The van der Waals surface area contributed by atoms with Gasteiger partial charge in [-0.15, -0.1) is 0 Å². The zero-order chi connectivity index (χ0) is 22.1. The van der Waals surface area contributed by atoms with Crippen molar-refractivity contribution in [2.24, 2.45) is 5.92 Å². The van der Waals surface area contributed by atoms with E-state index in [0.717, 1.165) is 19.3 Å². The highest BCUT2D eigenvalue weighted by Crippen LogP contribution is 2.45. The summed E-state index contributed by atoms with van der Waals surface area (Å²) < 4.78 is 5.94. The van der Waals surface area contributed by atoms with E-state index in [2.05, 4.69) is 30.3 Å². The van der Waals surface area contributed by atoms with Gasteiger partial charge in [-0.3, -0.25) is 4.79 Å². The van der Waals surface area contributed by atoms with E-state index in [-0.39, 0.29) is 42.2 Å². The number of nitrogens with zero attached hydrogens (tertiary/aromatic N) is 2. The van der Waals surface area contributed by atoms with Crippen LogP contribution in [0.3, 0.4) is 0 Å². The van der Waals surface area contributed by atoms with Gasteiger partial charge in [-0.05, 0) is 54.4 Å². The van der Waals surface area contributed by atoms with Gasteiger partial charge in [0.15, 0.2) is 0 Å². The van der Waals surface area contributed by atoms with E-state index in [9.17, 15) is 9.59 Å². The monoisotopic (exact) mass is 428 g/mol. The number of ether oxygens (including phenoxy) is 1. The van der Waals surface area contributed by atoms with Crippen LogP contribution in [0.1, 0.15) is 62.0 Å². The molecule has 1 amide bonds. The summed E-state index contributed by atoms with van der Waals surface area (Å²) in [6.07, 6.45) is 4.68. The summed E-state index contributed by atoms with van der Waals surface area (Å²) in [7, 11) is 0. The first-order valence-electron chi connectivity index (χ1n) is 11.7. The molecule has 2 atom stereocenters. The van der Waals surface area contributed by atoms with Crippen LogP contribution in [0, 0.1) is 17.2 Å². The third-order valence-electron chi connectivity index (χ3n) is 7.46. The van der Waals surface area contributed by atoms with Crippen LogP contribution < -0.4 is 0 Å². The molecule has 2 fully saturated rings. The molecule has 3 aliphatic rings. The van der Waals surface area contributed by atoms with E-state index in [1.54, 1.807) is 0 Å². The van der Waals surface area contributed by atoms with Crippen LogP contribution in [-0.2, 0) is 9.53 Å². The van der Waals surface area contributed by atoms with Crippen molar-refractivity contribution in [2.75, 3.05) is 6.61 Å². The van der Waals surface area contributed by atoms with Gasteiger partial charge in [0.1, 0.15) is 12.4 Å². The van der Waals surface area contributed by atoms with Crippen LogP contribution in [0.2, 0.25) is 0 Å². The number of hydrogen-bond donors (Lipinski definition) is 0. The first-order chi connectivity index (χ1) is 15.7. The van der Waals surface area contributed by atoms with Crippen molar-refractivity contribution in [1.29, 1.82) is 5.26 Å². The molecule has 32 heavy (non-hydrogen) atoms. The quantitative estimate of drug-likeness (QED) is 0.636. The maximum Gasteiger partial charge on any atom is 0.410 e. The van der Waals surface area contributed by atoms with E-state index in [1.807, 2.05) is 29.2 Å². The second-order valence-electron chi connectivity index (χ2n) is 9.24. The molecule has 5 heteroatoms. The van der Waals surface area contributed by atoms with Crippen LogP contribution >= 0.6 is 0 Å². The van der Waals surface area contributed by atoms with Crippen molar-refractivity contribution in [1.82, 2.24) is 4.90 Å². The van der Waals surface area contributed by atoms with Gasteiger partial charge in [0.25, 0.3) is 0 Å². The van der Waals surface area contributed by atoms with Crippen LogP contribution in [0.5, 0.6) is 0 Å². The molecule has 0 saturated carbocycles. The summed E-state index contributed by atoms with van der Waals surface area (Å²) in [5.74, 6) is 0.197. The van der Waals surface area contributed by atoms with Crippen LogP contribution in [0.15, 0.2) is 48.5 Å². The van der Waals surface area contributed by atoms with Crippen LogP contribution in [0.4, 0.5) is 4.79 Å². The number of carbonyl (C=O) groups is 2. The number of hydrogen-bond acceptors (Lipinski definition) is 4. The number of piperidine rings is 2. The summed E-state index contributed by atoms with van der Waals surface area (Å²) in [5.41, 5.74) is 4.86. The van der Waals surface area contributed by atoms with Gasteiger partial charge < -0.3 is 9.64 Å². The lowest BCUT2D eigenvalue weighted by Crippen LogP contribution is -2.55. The highest BCUT2D eigenvalue weighted by Gasteiger charge is 2.43. The minimum Gasteiger partial charge on any atom is -0.448 e. The molecule has 0 spiro atoms. The molecule has 164 valence electrons. The highest BCUT2D eigenvalue weighted by molar-refractivity contribution is 5.82. The summed E-state index contributed by atoms with van der Waals surface area (Å²) >= 11 is 0. The molecule has 2 aromatic carbocycles. The van der Waals surface area contributed by atoms with Crippen molar-refractivity contribution in [3.63, 3.8) is 0 Å². The maximum absolute atomic E-state index is 13.2. The summed E-state index contributed by atoms with van der Waals surface area (Å²) in [4.78, 5) is 27.6. The molecule has 2 aromatic rings. The van der Waals surface area contributed by atoms with Gasteiger partial charge in [-0.2, -0.15) is 5.26 Å². The van der Waals surface area contributed by atoms with E-state index in [4.69, 9.17) is 10.00 Å². The lowest BCUT2D eigenvalue weighted by atomic mass is 9.76. The van der Waals surface area contributed by atoms with Gasteiger partial charge in [0.2, 0.25) is 0 Å². The second-order valence-corrected chi connectivity index (χ2v) is 9.24. The van der Waals surface area contributed by atoms with Gasteiger partial charge in [0.05, 0.1) is 6.07 Å². The minimum absolute atomic E-state index is 0.0312. The smallest absolute Gasteiger partial charge is 0.410 e. The van der Waals surface area contributed by atoms with Crippen molar-refractivity contribution < 1.29 is 14.3 Å². The Bertz CT molecular complexity index is 1010. The summed E-state index contributed by atoms with van der Waals surface area (Å²) in [5, 5.41) is 8.79. The number of benzene rings is 2. The predicted molar refractivity (Wildman–Crippen MR) is 121 cm³/mol. The van der Waals surface area contributed by atoms with E-state index < -0.39 is 0 Å². The zero-order valence-corrected chi connectivity index (χ0v) is 18.2. The molecule has 2 aliphatic heterocycles. The highest BCUT2D eigenvalue weighted by atomic mass is 16.6. The molecule has 0 radical (unpaired) electrons. The maximum atomic E-state index is 13.2. The number of rotatable bonds is 5. The summed E-state index contributed by atoms with van der Waals surface area (Å²) in [6, 6.07) is 18.9. The fraction of sp³-hybridized carbons (Fsp3) is 0.444. The normalized spacial score (nSPS) is 23.7. The third kappa shape index (κ3) is 3.68. The lowest BCUT2D eigenvalue weighted by Gasteiger charge is -2.47. The predicted octanol–water partition coefficient (Wildman–Crippen LogP) is 5.44. The van der Waals surface area contributed by atoms with Crippen molar-refractivity contribution in [3.05, 3.63) is 59.7 Å². The SMILES string of the molecule is N#CCCC(=O)C1CC2CCCC(C1)N2C(=O)OCC1c2ccccc2-c2ccccc21. The van der Waals surface area contributed by atoms with Crippen LogP contribution in [0.25, 0.3) is 11.1 Å². The topological polar surface area (TPSA) is 70.4 Å². The molecule has 2 unspecified atom stereocenters. The number of nitriles is 1. The Kier molecular flexibility index (Phi) is 5.70. The number of amides is 1. The molecular formula is C27H28N2O3. The minimum atomic E-state index is -0.246. The number of fused-ring (bicyclic) bond motifs is 5.